The van der Waals surface area contributed by atoms with Gasteiger partial charge >= 0.3 is 0 Å². The largest absolute Gasteiger partial charge is 0.390 e. The van der Waals surface area contributed by atoms with Crippen molar-refractivity contribution in [3.8, 4) is 0 Å². The Labute approximate surface area is 112 Å². The van der Waals surface area contributed by atoms with Gasteiger partial charge in [-0.3, -0.25) is 4.79 Å². The molecule has 98 valence electrons. The Kier molecular flexibility index (Phi) is 4.22. The predicted octanol–water partition coefficient (Wildman–Crippen LogP) is 0.674. The van der Waals surface area contributed by atoms with Gasteiger partial charge in [-0.15, -0.1) is 0 Å². The van der Waals surface area contributed by atoms with Crippen molar-refractivity contribution in [3.63, 3.8) is 0 Å². The lowest BCUT2D eigenvalue weighted by Gasteiger charge is -2.26. The number of likely N-dealkylation sites (N-methyl/N-ethyl adjacent to an activating group) is 1. The number of β-amino-alcohol motifs (C(OH)–C–C–N with tert-alkyl or cyclic N) is 1. The zero-order valence-electron chi connectivity index (χ0n) is 10.3. The van der Waals surface area contributed by atoms with Crippen LogP contribution in [0.3, 0.4) is 0 Å². The molecule has 1 fully saturated rings. The number of halogens is 1. The van der Waals surface area contributed by atoms with Crippen LogP contribution < -0.4 is 5.32 Å². The van der Waals surface area contributed by atoms with Crippen molar-refractivity contribution < 1.29 is 9.90 Å². The standard InChI is InChI=1S/C13H17ClN2O2/c1-16(11-7-15-8-12(11)17)13(18)6-9-2-4-10(14)5-3-9/h2-5,11-12,15,17H,6-8H2,1H3/t11-,12-/m1/s1. The van der Waals surface area contributed by atoms with Crippen LogP contribution in [0.5, 0.6) is 0 Å². The summed E-state index contributed by atoms with van der Waals surface area (Å²) in [6, 6.07) is 7.10. The van der Waals surface area contributed by atoms with E-state index in [1.54, 1.807) is 24.1 Å². The number of aliphatic hydroxyl groups excluding tert-OH is 1. The highest BCUT2D eigenvalue weighted by Gasteiger charge is 2.30. The summed E-state index contributed by atoms with van der Waals surface area (Å²) in [5, 5.41) is 13.5. The molecule has 2 rings (SSSR count). The number of hydrogen-bond acceptors (Lipinski definition) is 3. The summed E-state index contributed by atoms with van der Waals surface area (Å²) < 4.78 is 0. The number of aliphatic hydroxyl groups is 1. The molecule has 1 heterocycles. The van der Waals surface area contributed by atoms with Gasteiger partial charge < -0.3 is 15.3 Å². The lowest BCUT2D eigenvalue weighted by molar-refractivity contribution is -0.132. The molecule has 0 radical (unpaired) electrons. The summed E-state index contributed by atoms with van der Waals surface area (Å²) in [5.41, 5.74) is 0.927. The maximum atomic E-state index is 12.1. The van der Waals surface area contributed by atoms with Gasteiger partial charge in [0.15, 0.2) is 0 Å². The van der Waals surface area contributed by atoms with E-state index < -0.39 is 6.10 Å². The van der Waals surface area contributed by atoms with Crippen LogP contribution in [0.15, 0.2) is 24.3 Å². The Morgan fingerprint density at radius 2 is 2.11 bits per heavy atom. The number of carbonyl (C=O) groups is 1. The summed E-state index contributed by atoms with van der Waals surface area (Å²) in [5.74, 6) is 0.00470. The molecule has 4 nitrogen and oxygen atoms in total. The van der Waals surface area contributed by atoms with Crippen molar-refractivity contribution >= 4 is 17.5 Å². The van der Waals surface area contributed by atoms with Gasteiger partial charge in [-0.2, -0.15) is 0 Å². The minimum Gasteiger partial charge on any atom is -0.390 e. The molecule has 1 aromatic carbocycles. The van der Waals surface area contributed by atoms with E-state index in [2.05, 4.69) is 5.32 Å². The smallest absolute Gasteiger partial charge is 0.227 e. The fourth-order valence-corrected chi connectivity index (χ4v) is 2.26. The van der Waals surface area contributed by atoms with Gasteiger partial charge in [-0.1, -0.05) is 23.7 Å². The Balaban J connectivity index is 1.97. The first-order valence-electron chi connectivity index (χ1n) is 5.97. The topological polar surface area (TPSA) is 52.6 Å². The van der Waals surface area contributed by atoms with Crippen LogP contribution in [0, 0.1) is 0 Å². The van der Waals surface area contributed by atoms with Crippen molar-refractivity contribution in [2.75, 3.05) is 20.1 Å². The first kappa shape index (κ1) is 13.3. The molecule has 1 aromatic rings. The molecule has 18 heavy (non-hydrogen) atoms. The van der Waals surface area contributed by atoms with E-state index in [1.807, 2.05) is 12.1 Å². The SMILES string of the molecule is CN(C(=O)Cc1ccc(Cl)cc1)[C@@H]1CNC[C@H]1O. The minimum atomic E-state index is -0.482. The summed E-state index contributed by atoms with van der Waals surface area (Å²) in [6.07, 6.45) is -0.152. The molecule has 5 heteroatoms. The third-order valence-corrected chi connectivity index (χ3v) is 3.56. The van der Waals surface area contributed by atoms with Crippen molar-refractivity contribution in [2.24, 2.45) is 0 Å². The molecule has 1 amide bonds. The van der Waals surface area contributed by atoms with Crippen LogP contribution in [-0.4, -0.2) is 48.2 Å². The number of benzene rings is 1. The zero-order chi connectivity index (χ0) is 13.1. The van der Waals surface area contributed by atoms with E-state index in [-0.39, 0.29) is 11.9 Å². The number of nitrogens with zero attached hydrogens (tertiary/aromatic N) is 1. The van der Waals surface area contributed by atoms with Crippen LogP contribution in [-0.2, 0) is 11.2 Å². The van der Waals surface area contributed by atoms with Gasteiger partial charge in [0, 0.05) is 25.2 Å². The van der Waals surface area contributed by atoms with E-state index >= 15 is 0 Å². The second-order valence-corrected chi connectivity index (χ2v) is 5.04. The van der Waals surface area contributed by atoms with E-state index in [1.165, 1.54) is 0 Å². The number of carbonyl (C=O) groups excluding carboxylic acids is 1. The number of hydrogen-bond donors (Lipinski definition) is 2. The molecule has 0 unspecified atom stereocenters. The molecule has 1 saturated heterocycles. The first-order chi connectivity index (χ1) is 8.58. The zero-order valence-corrected chi connectivity index (χ0v) is 11.0. The Morgan fingerprint density at radius 3 is 2.67 bits per heavy atom. The van der Waals surface area contributed by atoms with Crippen LogP contribution in [0.2, 0.25) is 5.02 Å². The highest BCUT2D eigenvalue weighted by Crippen LogP contribution is 2.13. The molecule has 0 saturated carbocycles. The summed E-state index contributed by atoms with van der Waals surface area (Å²) >= 11 is 5.80. The fraction of sp³-hybridized carbons (Fsp3) is 0.462. The number of nitrogens with one attached hydrogen (secondary N) is 1. The van der Waals surface area contributed by atoms with Crippen molar-refractivity contribution in [1.82, 2.24) is 10.2 Å². The van der Waals surface area contributed by atoms with Gasteiger partial charge in [-0.25, -0.2) is 0 Å². The van der Waals surface area contributed by atoms with E-state index in [0.717, 1.165) is 5.56 Å². The molecule has 1 aliphatic rings. The highest BCUT2D eigenvalue weighted by atomic mass is 35.5. The molecular weight excluding hydrogens is 252 g/mol. The van der Waals surface area contributed by atoms with E-state index in [4.69, 9.17) is 11.6 Å². The van der Waals surface area contributed by atoms with Crippen LogP contribution in [0.25, 0.3) is 0 Å². The monoisotopic (exact) mass is 268 g/mol. The quantitative estimate of drug-likeness (QED) is 0.847. The van der Waals surface area contributed by atoms with E-state index in [0.29, 0.717) is 24.5 Å². The van der Waals surface area contributed by atoms with Crippen LogP contribution >= 0.6 is 11.6 Å². The fourth-order valence-electron chi connectivity index (χ4n) is 2.13. The molecule has 1 aliphatic heterocycles. The second-order valence-electron chi connectivity index (χ2n) is 4.60. The lowest BCUT2D eigenvalue weighted by Crippen LogP contribution is -2.44. The summed E-state index contributed by atoms with van der Waals surface area (Å²) in [7, 11) is 1.74. The van der Waals surface area contributed by atoms with Crippen molar-refractivity contribution in [2.45, 2.75) is 18.6 Å². The molecule has 0 bridgehead atoms. The van der Waals surface area contributed by atoms with Crippen molar-refractivity contribution in [3.05, 3.63) is 34.9 Å². The summed E-state index contributed by atoms with van der Waals surface area (Å²) in [4.78, 5) is 13.7. The van der Waals surface area contributed by atoms with Gasteiger partial charge in [-0.05, 0) is 17.7 Å². The first-order valence-corrected chi connectivity index (χ1v) is 6.34. The molecule has 0 aromatic heterocycles. The Hall–Kier alpha value is -1.10. The van der Waals surface area contributed by atoms with Gasteiger partial charge in [0.05, 0.1) is 18.6 Å². The predicted molar refractivity (Wildman–Crippen MR) is 70.6 cm³/mol. The van der Waals surface area contributed by atoms with Crippen LogP contribution in [0.4, 0.5) is 0 Å². The highest BCUT2D eigenvalue weighted by molar-refractivity contribution is 6.30. The average Bonchev–Trinajstić information content (AvgIpc) is 2.77. The Bertz CT molecular complexity index is 422. The third kappa shape index (κ3) is 3.02. The summed E-state index contributed by atoms with van der Waals surface area (Å²) in [6.45, 7) is 1.19. The number of amides is 1. The molecule has 2 atom stereocenters. The van der Waals surface area contributed by atoms with Crippen LogP contribution in [0.1, 0.15) is 5.56 Å². The minimum absolute atomic E-state index is 0.00470. The maximum absolute atomic E-state index is 12.1. The van der Waals surface area contributed by atoms with Crippen molar-refractivity contribution in [1.29, 1.82) is 0 Å². The van der Waals surface area contributed by atoms with Gasteiger partial charge in [0.1, 0.15) is 0 Å². The lowest BCUT2D eigenvalue weighted by atomic mass is 10.1. The van der Waals surface area contributed by atoms with Gasteiger partial charge in [0.25, 0.3) is 0 Å². The van der Waals surface area contributed by atoms with E-state index in [9.17, 15) is 9.90 Å². The average molecular weight is 269 g/mol. The maximum Gasteiger partial charge on any atom is 0.227 e. The van der Waals surface area contributed by atoms with Gasteiger partial charge in [0.2, 0.25) is 5.91 Å². The second kappa shape index (κ2) is 5.69. The molecular formula is C13H17ClN2O2. The Morgan fingerprint density at radius 1 is 1.44 bits per heavy atom. The molecule has 0 aliphatic carbocycles. The normalized spacial score (nSPS) is 23.1. The number of rotatable bonds is 3. The molecule has 0 spiro atoms. The molecule has 2 N–H and O–H groups in total. The third-order valence-electron chi connectivity index (χ3n) is 3.31.